The molecule has 2 heterocycles. The lowest BCUT2D eigenvalue weighted by atomic mass is 9.96. The second-order valence-electron chi connectivity index (χ2n) is 6.09. The monoisotopic (exact) mass is 317 g/mol. The van der Waals surface area contributed by atoms with E-state index >= 15 is 0 Å². The zero-order valence-corrected chi connectivity index (χ0v) is 13.7. The van der Waals surface area contributed by atoms with Gasteiger partial charge in [-0.1, -0.05) is 0 Å². The molecule has 0 saturated carbocycles. The van der Waals surface area contributed by atoms with Crippen LogP contribution in [0.5, 0.6) is 0 Å². The zero-order chi connectivity index (χ0) is 14.4. The smallest absolute Gasteiger partial charge is 0.222 e. The molecule has 2 aliphatic heterocycles. The first-order valence-corrected chi connectivity index (χ1v) is 7.90. The van der Waals surface area contributed by atoms with E-state index in [0.29, 0.717) is 24.3 Å². The van der Waals surface area contributed by atoms with Crippen LogP contribution in [0, 0.1) is 5.92 Å². The van der Waals surface area contributed by atoms with Crippen molar-refractivity contribution in [3.05, 3.63) is 0 Å². The van der Waals surface area contributed by atoms with Crippen LogP contribution in [0.3, 0.4) is 0 Å². The van der Waals surface area contributed by atoms with Gasteiger partial charge in [-0.2, -0.15) is 0 Å². The highest BCUT2D eigenvalue weighted by molar-refractivity contribution is 5.85. The molecule has 2 aliphatic rings. The van der Waals surface area contributed by atoms with Gasteiger partial charge in [0.2, 0.25) is 11.8 Å². The number of likely N-dealkylation sites (tertiary alicyclic amines) is 1. The molecule has 2 amide bonds. The molecule has 1 atom stereocenters. The minimum atomic E-state index is 0. The second-order valence-corrected chi connectivity index (χ2v) is 6.09. The van der Waals surface area contributed by atoms with Crippen molar-refractivity contribution >= 4 is 24.2 Å². The predicted molar refractivity (Wildman–Crippen MR) is 85.5 cm³/mol. The molecule has 0 aliphatic carbocycles. The summed E-state index contributed by atoms with van der Waals surface area (Å²) in [5.41, 5.74) is 0. The van der Waals surface area contributed by atoms with Crippen molar-refractivity contribution in [2.24, 2.45) is 5.92 Å². The van der Waals surface area contributed by atoms with E-state index < -0.39 is 0 Å². The van der Waals surface area contributed by atoms with E-state index in [1.807, 2.05) is 4.90 Å². The predicted octanol–water partition coefficient (Wildman–Crippen LogP) is 1.32. The quantitative estimate of drug-likeness (QED) is 0.804. The van der Waals surface area contributed by atoms with Crippen LogP contribution in [-0.4, -0.2) is 48.9 Å². The third-order valence-corrected chi connectivity index (χ3v) is 4.48. The number of amides is 2. The largest absolute Gasteiger partial charge is 0.356 e. The highest BCUT2D eigenvalue weighted by Gasteiger charge is 2.23. The Morgan fingerprint density at radius 2 is 1.95 bits per heavy atom. The number of hydrogen-bond acceptors (Lipinski definition) is 3. The summed E-state index contributed by atoms with van der Waals surface area (Å²) in [7, 11) is 0. The average Bonchev–Trinajstić information content (AvgIpc) is 2.96. The van der Waals surface area contributed by atoms with E-state index in [-0.39, 0.29) is 18.3 Å². The minimum absolute atomic E-state index is 0. The number of carbonyl (C=O) groups is 2. The summed E-state index contributed by atoms with van der Waals surface area (Å²) in [6.07, 6.45) is 6.12. The van der Waals surface area contributed by atoms with Gasteiger partial charge in [-0.25, -0.2) is 0 Å². The molecule has 6 heteroatoms. The van der Waals surface area contributed by atoms with Gasteiger partial charge in [0.05, 0.1) is 0 Å². The fraction of sp³-hybridized carbons (Fsp3) is 0.867. The number of piperidine rings is 1. The van der Waals surface area contributed by atoms with Gasteiger partial charge in [-0.05, 0) is 44.6 Å². The molecule has 0 aromatic carbocycles. The molecule has 0 aromatic rings. The van der Waals surface area contributed by atoms with Crippen molar-refractivity contribution in [2.75, 3.05) is 26.2 Å². The summed E-state index contributed by atoms with van der Waals surface area (Å²) in [5.74, 6) is 0.865. The van der Waals surface area contributed by atoms with E-state index in [0.717, 1.165) is 45.4 Å². The first-order valence-electron chi connectivity index (χ1n) is 7.90. The van der Waals surface area contributed by atoms with Crippen LogP contribution in [0.4, 0.5) is 0 Å². The topological polar surface area (TPSA) is 61.4 Å². The third kappa shape index (κ3) is 6.22. The molecule has 0 aromatic heterocycles. The van der Waals surface area contributed by atoms with Gasteiger partial charge in [0.1, 0.15) is 0 Å². The second kappa shape index (κ2) is 9.26. The standard InChI is InChI=1S/C15H27N3O2.ClH/c1-12(19)17-11-13-6-9-18(10-7-13)15(20)5-4-14-3-2-8-16-14;/h13-14,16H,2-11H2,1H3,(H,17,19);1H. The molecule has 0 bridgehead atoms. The van der Waals surface area contributed by atoms with E-state index in [4.69, 9.17) is 0 Å². The van der Waals surface area contributed by atoms with Crippen molar-refractivity contribution in [1.29, 1.82) is 0 Å². The Morgan fingerprint density at radius 1 is 1.24 bits per heavy atom. The Balaban J connectivity index is 0.00000220. The summed E-state index contributed by atoms with van der Waals surface area (Å²) < 4.78 is 0. The molecular formula is C15H28ClN3O2. The number of halogens is 1. The van der Waals surface area contributed by atoms with Crippen molar-refractivity contribution in [2.45, 2.75) is 51.5 Å². The number of nitrogens with zero attached hydrogens (tertiary/aromatic N) is 1. The van der Waals surface area contributed by atoms with Gasteiger partial charge < -0.3 is 15.5 Å². The average molecular weight is 318 g/mol. The summed E-state index contributed by atoms with van der Waals surface area (Å²) in [6.45, 7) is 5.11. The van der Waals surface area contributed by atoms with Gasteiger partial charge in [0.15, 0.2) is 0 Å². The van der Waals surface area contributed by atoms with Crippen LogP contribution in [0.2, 0.25) is 0 Å². The fourth-order valence-corrected chi connectivity index (χ4v) is 3.13. The third-order valence-electron chi connectivity index (χ3n) is 4.48. The van der Waals surface area contributed by atoms with Crippen LogP contribution in [0.25, 0.3) is 0 Å². The molecular weight excluding hydrogens is 290 g/mol. The molecule has 2 fully saturated rings. The SMILES string of the molecule is CC(=O)NCC1CCN(C(=O)CCC2CCCN2)CC1.Cl. The van der Waals surface area contributed by atoms with Gasteiger partial charge in [0.25, 0.3) is 0 Å². The zero-order valence-electron chi connectivity index (χ0n) is 12.9. The maximum absolute atomic E-state index is 12.2. The van der Waals surface area contributed by atoms with Gasteiger partial charge >= 0.3 is 0 Å². The van der Waals surface area contributed by atoms with E-state index in [1.165, 1.54) is 12.8 Å². The van der Waals surface area contributed by atoms with Gasteiger partial charge in [-0.3, -0.25) is 9.59 Å². The summed E-state index contributed by atoms with van der Waals surface area (Å²) in [4.78, 5) is 25.0. The van der Waals surface area contributed by atoms with Crippen molar-refractivity contribution < 1.29 is 9.59 Å². The highest BCUT2D eigenvalue weighted by atomic mass is 35.5. The Labute approximate surface area is 133 Å². The maximum atomic E-state index is 12.2. The van der Waals surface area contributed by atoms with Crippen molar-refractivity contribution in [3.8, 4) is 0 Å². The van der Waals surface area contributed by atoms with Crippen molar-refractivity contribution in [1.82, 2.24) is 15.5 Å². The van der Waals surface area contributed by atoms with E-state index in [9.17, 15) is 9.59 Å². The summed E-state index contributed by atoms with van der Waals surface area (Å²) >= 11 is 0. The molecule has 21 heavy (non-hydrogen) atoms. The van der Waals surface area contributed by atoms with Gasteiger partial charge in [0, 0.05) is 39.0 Å². The van der Waals surface area contributed by atoms with Crippen LogP contribution in [-0.2, 0) is 9.59 Å². The van der Waals surface area contributed by atoms with Crippen LogP contribution >= 0.6 is 12.4 Å². The summed E-state index contributed by atoms with van der Waals surface area (Å²) in [5, 5.41) is 6.31. The van der Waals surface area contributed by atoms with E-state index in [2.05, 4.69) is 10.6 Å². The fourth-order valence-electron chi connectivity index (χ4n) is 3.13. The number of hydrogen-bond donors (Lipinski definition) is 2. The minimum Gasteiger partial charge on any atom is -0.356 e. The lowest BCUT2D eigenvalue weighted by Gasteiger charge is -2.32. The molecule has 0 spiro atoms. The lowest BCUT2D eigenvalue weighted by Crippen LogP contribution is -2.41. The normalized spacial score (nSPS) is 22.7. The Kier molecular flexibility index (Phi) is 8.04. The van der Waals surface area contributed by atoms with Crippen LogP contribution in [0.15, 0.2) is 0 Å². The first kappa shape index (κ1) is 18.2. The number of carbonyl (C=O) groups excluding carboxylic acids is 2. The summed E-state index contributed by atoms with van der Waals surface area (Å²) in [6, 6.07) is 0.552. The van der Waals surface area contributed by atoms with Crippen molar-refractivity contribution in [3.63, 3.8) is 0 Å². The molecule has 1 unspecified atom stereocenters. The molecule has 0 radical (unpaired) electrons. The Bertz CT molecular complexity index is 338. The molecule has 2 N–H and O–H groups in total. The van der Waals surface area contributed by atoms with E-state index in [1.54, 1.807) is 6.92 Å². The molecule has 122 valence electrons. The molecule has 2 rings (SSSR count). The van der Waals surface area contributed by atoms with Gasteiger partial charge in [-0.15, -0.1) is 12.4 Å². The lowest BCUT2D eigenvalue weighted by molar-refractivity contribution is -0.133. The molecule has 5 nitrogen and oxygen atoms in total. The maximum Gasteiger partial charge on any atom is 0.222 e. The number of rotatable bonds is 5. The van der Waals surface area contributed by atoms with Crippen LogP contribution in [0.1, 0.15) is 45.4 Å². The molecule has 2 saturated heterocycles. The number of nitrogens with one attached hydrogen (secondary N) is 2. The highest BCUT2D eigenvalue weighted by Crippen LogP contribution is 2.18. The Hall–Kier alpha value is -0.810. The van der Waals surface area contributed by atoms with Crippen LogP contribution < -0.4 is 10.6 Å². The Morgan fingerprint density at radius 3 is 2.52 bits per heavy atom. The first-order chi connectivity index (χ1) is 9.65.